The molecule has 1 aromatic carbocycles. The van der Waals surface area contributed by atoms with Crippen molar-refractivity contribution in [3.05, 3.63) is 28.0 Å². The van der Waals surface area contributed by atoms with Crippen LogP contribution >= 0.6 is 15.9 Å². The maximum atomic E-state index is 14.4. The second-order valence-corrected chi connectivity index (χ2v) is 6.56. The largest absolute Gasteiger partial charge is 0.369 e. The van der Waals surface area contributed by atoms with Gasteiger partial charge in [-0.3, -0.25) is 0 Å². The maximum Gasteiger partial charge on any atom is 0.160 e. The molecule has 0 spiro atoms. The number of piperidine rings is 1. The van der Waals surface area contributed by atoms with Gasteiger partial charge < -0.3 is 10.6 Å². The first-order chi connectivity index (χ1) is 9.56. The van der Waals surface area contributed by atoms with E-state index < -0.39 is 0 Å². The summed E-state index contributed by atoms with van der Waals surface area (Å²) in [7, 11) is 0. The first-order valence-electron chi connectivity index (χ1n) is 7.48. The Morgan fingerprint density at radius 1 is 1.25 bits per heavy atom. The molecule has 0 unspecified atom stereocenters. The van der Waals surface area contributed by atoms with Gasteiger partial charge in [0.1, 0.15) is 0 Å². The summed E-state index contributed by atoms with van der Waals surface area (Å²) in [5, 5.41) is 0. The SMILES string of the molecule is CCC1(CC)CCN(c2ccc(CN)c(Br)c2F)CC1. The molecular weight excluding hydrogens is 319 g/mol. The second-order valence-electron chi connectivity index (χ2n) is 5.77. The number of benzene rings is 1. The Balaban J connectivity index is 2.17. The Morgan fingerprint density at radius 2 is 1.85 bits per heavy atom. The summed E-state index contributed by atoms with van der Waals surface area (Å²) < 4.78 is 15.0. The van der Waals surface area contributed by atoms with Gasteiger partial charge in [-0.15, -0.1) is 0 Å². The standard InChI is InChI=1S/C16H24BrFN2/c1-3-16(4-2)7-9-20(10-8-16)13-6-5-12(11-19)14(17)15(13)18/h5-6H,3-4,7-11,19H2,1-2H3. The molecule has 0 aromatic heterocycles. The van der Waals surface area contributed by atoms with Crippen molar-refractivity contribution in [3.8, 4) is 0 Å². The second kappa shape index (κ2) is 6.44. The Labute approximate surface area is 129 Å². The molecule has 1 saturated heterocycles. The van der Waals surface area contributed by atoms with Gasteiger partial charge in [0.2, 0.25) is 0 Å². The van der Waals surface area contributed by atoms with Crippen LogP contribution in [0.3, 0.4) is 0 Å². The van der Waals surface area contributed by atoms with E-state index >= 15 is 0 Å². The molecule has 2 N–H and O–H groups in total. The minimum atomic E-state index is -0.173. The van der Waals surface area contributed by atoms with Crippen molar-refractivity contribution < 1.29 is 4.39 Å². The van der Waals surface area contributed by atoms with Gasteiger partial charge >= 0.3 is 0 Å². The lowest BCUT2D eigenvalue weighted by atomic mass is 9.74. The van der Waals surface area contributed by atoms with Gasteiger partial charge in [0, 0.05) is 19.6 Å². The van der Waals surface area contributed by atoms with Gasteiger partial charge in [-0.05, 0) is 45.8 Å². The molecule has 0 amide bonds. The minimum Gasteiger partial charge on any atom is -0.369 e. The number of rotatable bonds is 4. The Bertz CT molecular complexity index is 462. The average Bonchev–Trinajstić information content (AvgIpc) is 2.50. The van der Waals surface area contributed by atoms with Crippen LogP contribution in [0.4, 0.5) is 10.1 Å². The van der Waals surface area contributed by atoms with E-state index in [4.69, 9.17) is 5.73 Å². The molecular formula is C16H24BrFN2. The van der Waals surface area contributed by atoms with E-state index in [9.17, 15) is 4.39 Å². The predicted molar refractivity (Wildman–Crippen MR) is 86.5 cm³/mol. The molecule has 20 heavy (non-hydrogen) atoms. The zero-order valence-electron chi connectivity index (χ0n) is 12.4. The highest BCUT2D eigenvalue weighted by Gasteiger charge is 2.32. The van der Waals surface area contributed by atoms with E-state index in [0.29, 0.717) is 22.1 Å². The summed E-state index contributed by atoms with van der Waals surface area (Å²) in [6.07, 6.45) is 4.73. The molecule has 0 atom stereocenters. The van der Waals surface area contributed by atoms with Gasteiger partial charge in [-0.1, -0.05) is 32.8 Å². The van der Waals surface area contributed by atoms with Crippen molar-refractivity contribution in [1.29, 1.82) is 0 Å². The Morgan fingerprint density at radius 3 is 2.35 bits per heavy atom. The van der Waals surface area contributed by atoms with Crippen molar-refractivity contribution in [3.63, 3.8) is 0 Å². The molecule has 0 bridgehead atoms. The molecule has 1 aromatic rings. The Hall–Kier alpha value is -0.610. The number of nitrogens with two attached hydrogens (primary N) is 1. The lowest BCUT2D eigenvalue weighted by molar-refractivity contribution is 0.199. The summed E-state index contributed by atoms with van der Waals surface area (Å²) in [6, 6.07) is 3.79. The van der Waals surface area contributed by atoms with Crippen LogP contribution < -0.4 is 10.6 Å². The smallest absolute Gasteiger partial charge is 0.160 e. The number of nitrogens with zero attached hydrogens (tertiary/aromatic N) is 1. The monoisotopic (exact) mass is 342 g/mol. The highest BCUT2D eigenvalue weighted by atomic mass is 79.9. The third kappa shape index (κ3) is 2.86. The van der Waals surface area contributed by atoms with Gasteiger partial charge in [-0.25, -0.2) is 4.39 Å². The van der Waals surface area contributed by atoms with Gasteiger partial charge in [0.05, 0.1) is 10.2 Å². The van der Waals surface area contributed by atoms with E-state index in [1.807, 2.05) is 12.1 Å². The molecule has 4 heteroatoms. The molecule has 2 rings (SSSR count). The molecule has 0 saturated carbocycles. The number of halogens is 2. The van der Waals surface area contributed by atoms with E-state index in [1.54, 1.807) is 0 Å². The van der Waals surface area contributed by atoms with Gasteiger partial charge in [0.15, 0.2) is 5.82 Å². The lowest BCUT2D eigenvalue weighted by Crippen LogP contribution is -2.40. The summed E-state index contributed by atoms with van der Waals surface area (Å²) in [6.45, 7) is 6.77. The third-order valence-corrected chi connectivity index (χ3v) is 5.88. The minimum absolute atomic E-state index is 0.173. The van der Waals surface area contributed by atoms with E-state index in [-0.39, 0.29) is 5.82 Å². The van der Waals surface area contributed by atoms with Gasteiger partial charge in [-0.2, -0.15) is 0 Å². The normalized spacial score (nSPS) is 18.4. The summed E-state index contributed by atoms with van der Waals surface area (Å²) in [5.41, 5.74) is 7.59. The first-order valence-corrected chi connectivity index (χ1v) is 8.28. The summed E-state index contributed by atoms with van der Waals surface area (Å²) in [5.74, 6) is -0.173. The zero-order chi connectivity index (χ0) is 14.8. The van der Waals surface area contributed by atoms with Crippen molar-refractivity contribution in [2.24, 2.45) is 11.1 Å². The predicted octanol–water partition coefficient (Wildman–Crippen LogP) is 4.45. The fourth-order valence-corrected chi connectivity index (χ4v) is 3.66. The molecule has 0 aliphatic carbocycles. The molecule has 1 aliphatic heterocycles. The van der Waals surface area contributed by atoms with Gasteiger partial charge in [0.25, 0.3) is 0 Å². The average molecular weight is 343 g/mol. The molecule has 2 nitrogen and oxygen atoms in total. The molecule has 112 valence electrons. The fraction of sp³-hybridized carbons (Fsp3) is 0.625. The van der Waals surface area contributed by atoms with Crippen LogP contribution in [0, 0.1) is 11.2 Å². The van der Waals surface area contributed by atoms with Crippen molar-refractivity contribution in [1.82, 2.24) is 0 Å². The first kappa shape index (κ1) is 15.8. The van der Waals surface area contributed by atoms with Crippen LogP contribution in [0.2, 0.25) is 0 Å². The van der Waals surface area contributed by atoms with Crippen LogP contribution in [0.25, 0.3) is 0 Å². The van der Waals surface area contributed by atoms with E-state index in [2.05, 4.69) is 34.7 Å². The zero-order valence-corrected chi connectivity index (χ0v) is 14.0. The number of hydrogen-bond acceptors (Lipinski definition) is 2. The fourth-order valence-electron chi connectivity index (χ4n) is 3.16. The molecule has 1 aliphatic rings. The molecule has 0 radical (unpaired) electrons. The maximum absolute atomic E-state index is 14.4. The highest BCUT2D eigenvalue weighted by Crippen LogP contribution is 2.40. The van der Waals surface area contributed by atoms with Crippen LogP contribution in [-0.2, 0) is 6.54 Å². The number of anilines is 1. The lowest BCUT2D eigenvalue weighted by Gasteiger charge is -2.42. The topological polar surface area (TPSA) is 29.3 Å². The molecule has 1 heterocycles. The third-order valence-electron chi connectivity index (χ3n) is 5.03. The van der Waals surface area contributed by atoms with E-state index in [0.717, 1.165) is 31.5 Å². The Kier molecular flexibility index (Phi) is 5.08. The highest BCUT2D eigenvalue weighted by molar-refractivity contribution is 9.10. The van der Waals surface area contributed by atoms with Crippen LogP contribution in [-0.4, -0.2) is 13.1 Å². The van der Waals surface area contributed by atoms with E-state index in [1.165, 1.54) is 12.8 Å². The van der Waals surface area contributed by atoms with Crippen molar-refractivity contribution >= 4 is 21.6 Å². The van der Waals surface area contributed by atoms with Crippen molar-refractivity contribution in [2.45, 2.75) is 46.1 Å². The van der Waals surface area contributed by atoms with Crippen LogP contribution in [0.1, 0.15) is 45.1 Å². The number of hydrogen-bond donors (Lipinski definition) is 1. The van der Waals surface area contributed by atoms with Crippen molar-refractivity contribution in [2.75, 3.05) is 18.0 Å². The molecule has 1 fully saturated rings. The quantitative estimate of drug-likeness (QED) is 0.875. The van der Waals surface area contributed by atoms with Crippen LogP contribution in [0.5, 0.6) is 0 Å². The summed E-state index contributed by atoms with van der Waals surface area (Å²) >= 11 is 3.33. The summed E-state index contributed by atoms with van der Waals surface area (Å²) in [4.78, 5) is 2.17. The van der Waals surface area contributed by atoms with Crippen LogP contribution in [0.15, 0.2) is 16.6 Å².